The lowest BCUT2D eigenvalue weighted by Crippen LogP contribution is -2.13. The van der Waals surface area contributed by atoms with E-state index in [0.717, 1.165) is 50.3 Å². The maximum absolute atomic E-state index is 2.54. The first kappa shape index (κ1) is 38.7. The molecule has 0 N–H and O–H groups in total. The molecule has 0 aliphatic carbocycles. The minimum Gasteiger partial charge on any atom is -0.309 e. The van der Waals surface area contributed by atoms with Crippen LogP contribution in [-0.2, 0) is 0 Å². The van der Waals surface area contributed by atoms with Gasteiger partial charge < -0.3 is 18.6 Å². The molecule has 0 bridgehead atoms. The molecule has 15 aromatic rings. The standard InChI is InChI=1S/C66H42N4/c1-4-22-52-49(19-1)61(67-55-31-13-7-25-43(55)44-26-8-14-32-56(44)67)37-40-64(52)70(65-41-38-62(50-20-2-5-23-53(50)65)68-57-33-15-9-27-45(57)46-28-10-16-34-58(46)68)66-42-39-63(51-21-3-6-24-54(51)66)69-59-35-17-11-29-47(59)48-30-12-18-36-60(48)69/h1-42H. The minimum atomic E-state index is 1.10. The summed E-state index contributed by atoms with van der Waals surface area (Å²) in [6, 6.07) is 93.7. The number of para-hydroxylation sites is 6. The molecule has 0 fully saturated rings. The van der Waals surface area contributed by atoms with Gasteiger partial charge in [-0.3, -0.25) is 0 Å². The van der Waals surface area contributed by atoms with E-state index in [4.69, 9.17) is 0 Å². The Hall–Kier alpha value is -9.38. The molecule has 0 atom stereocenters. The topological polar surface area (TPSA) is 18.0 Å². The molecule has 0 amide bonds. The summed E-state index contributed by atoms with van der Waals surface area (Å²) in [6.07, 6.45) is 0. The predicted molar refractivity (Wildman–Crippen MR) is 297 cm³/mol. The highest BCUT2D eigenvalue weighted by Gasteiger charge is 2.25. The second-order valence-corrected chi connectivity index (χ2v) is 18.4. The van der Waals surface area contributed by atoms with Crippen molar-refractivity contribution < 1.29 is 0 Å². The van der Waals surface area contributed by atoms with Gasteiger partial charge in [-0.1, -0.05) is 182 Å². The molecule has 0 unspecified atom stereocenters. The van der Waals surface area contributed by atoms with Crippen LogP contribution in [0, 0.1) is 0 Å². The molecular formula is C66H42N4. The average molecular weight is 891 g/mol. The van der Waals surface area contributed by atoms with Crippen molar-refractivity contribution in [2.45, 2.75) is 0 Å². The van der Waals surface area contributed by atoms with Crippen LogP contribution in [0.15, 0.2) is 255 Å². The van der Waals surface area contributed by atoms with Gasteiger partial charge >= 0.3 is 0 Å². The third-order valence-corrected chi connectivity index (χ3v) is 14.8. The molecule has 15 rings (SSSR count). The van der Waals surface area contributed by atoms with Gasteiger partial charge in [0, 0.05) is 64.6 Å². The lowest BCUT2D eigenvalue weighted by atomic mass is 9.99. The van der Waals surface area contributed by atoms with Gasteiger partial charge in [-0.05, 0) is 72.8 Å². The first-order chi connectivity index (χ1) is 34.8. The monoisotopic (exact) mass is 890 g/mol. The van der Waals surface area contributed by atoms with E-state index in [-0.39, 0.29) is 0 Å². The third kappa shape index (κ3) is 5.47. The fourth-order valence-corrected chi connectivity index (χ4v) is 11.9. The molecule has 4 heteroatoms. The van der Waals surface area contributed by atoms with Crippen LogP contribution in [0.2, 0.25) is 0 Å². The normalized spacial score (nSPS) is 12.0. The van der Waals surface area contributed by atoms with Crippen LogP contribution in [0.4, 0.5) is 17.1 Å². The zero-order valence-corrected chi connectivity index (χ0v) is 38.0. The molecule has 3 heterocycles. The number of rotatable bonds is 6. The van der Waals surface area contributed by atoms with E-state index in [9.17, 15) is 0 Å². The summed E-state index contributed by atoms with van der Waals surface area (Å²) in [4.78, 5) is 2.54. The second-order valence-electron chi connectivity index (χ2n) is 18.4. The summed E-state index contributed by atoms with van der Waals surface area (Å²) in [5.74, 6) is 0. The largest absolute Gasteiger partial charge is 0.309 e. The predicted octanol–water partition coefficient (Wildman–Crippen LogP) is 17.9. The van der Waals surface area contributed by atoms with Crippen LogP contribution >= 0.6 is 0 Å². The van der Waals surface area contributed by atoms with Gasteiger partial charge in [-0.15, -0.1) is 0 Å². The van der Waals surface area contributed by atoms with Crippen molar-refractivity contribution in [2.24, 2.45) is 0 Å². The highest BCUT2D eigenvalue weighted by Crippen LogP contribution is 2.49. The Morgan fingerprint density at radius 1 is 0.171 bits per heavy atom. The molecule has 0 saturated carbocycles. The number of benzene rings is 12. The quantitative estimate of drug-likeness (QED) is 0.163. The van der Waals surface area contributed by atoms with Gasteiger partial charge in [0.15, 0.2) is 0 Å². The molecule has 0 radical (unpaired) electrons. The van der Waals surface area contributed by atoms with Gasteiger partial charge in [0.25, 0.3) is 0 Å². The highest BCUT2D eigenvalue weighted by atomic mass is 15.2. The number of fused-ring (bicyclic) bond motifs is 12. The van der Waals surface area contributed by atoms with Crippen LogP contribution in [0.25, 0.3) is 115 Å². The van der Waals surface area contributed by atoms with Gasteiger partial charge in [0.1, 0.15) is 0 Å². The first-order valence-electron chi connectivity index (χ1n) is 24.1. The van der Waals surface area contributed by atoms with Gasteiger partial charge in [-0.25, -0.2) is 0 Å². The van der Waals surface area contributed by atoms with E-state index in [1.165, 1.54) is 81.6 Å². The lowest BCUT2D eigenvalue weighted by molar-refractivity contribution is 1.19. The van der Waals surface area contributed by atoms with Gasteiger partial charge in [-0.2, -0.15) is 0 Å². The summed E-state index contributed by atoms with van der Waals surface area (Å²) in [6.45, 7) is 0. The van der Waals surface area contributed by atoms with Crippen molar-refractivity contribution >= 4 is 115 Å². The Balaban J connectivity index is 1.03. The van der Waals surface area contributed by atoms with E-state index in [1.807, 2.05) is 0 Å². The molecule has 0 saturated heterocycles. The van der Waals surface area contributed by atoms with Crippen LogP contribution in [-0.4, -0.2) is 13.7 Å². The summed E-state index contributed by atoms with van der Waals surface area (Å²) >= 11 is 0. The lowest BCUT2D eigenvalue weighted by Gasteiger charge is -2.31. The maximum Gasteiger partial charge on any atom is 0.0542 e. The van der Waals surface area contributed by atoms with E-state index in [1.54, 1.807) is 0 Å². The second kappa shape index (κ2) is 15.1. The van der Waals surface area contributed by atoms with Crippen molar-refractivity contribution in [1.82, 2.24) is 13.7 Å². The number of aromatic nitrogens is 3. The SMILES string of the molecule is c1ccc2c(-n3c4ccccc4c4ccccc43)ccc(N(c3ccc(-n4c5ccccc5c5ccccc54)c4ccccc34)c3ccc(-n4c5ccccc5c5ccccc54)c4ccccc34)c2c1. The summed E-state index contributed by atoms with van der Waals surface area (Å²) < 4.78 is 7.35. The number of anilines is 3. The molecule has 12 aromatic carbocycles. The fraction of sp³-hybridized carbons (Fsp3) is 0. The first-order valence-corrected chi connectivity index (χ1v) is 24.1. The van der Waals surface area contributed by atoms with Crippen LogP contribution < -0.4 is 4.90 Å². The van der Waals surface area contributed by atoms with E-state index in [0.29, 0.717) is 0 Å². The molecule has 0 aliphatic rings. The van der Waals surface area contributed by atoms with Gasteiger partial charge in [0.05, 0.1) is 67.2 Å². The van der Waals surface area contributed by atoms with Crippen molar-refractivity contribution in [1.29, 1.82) is 0 Å². The molecule has 70 heavy (non-hydrogen) atoms. The molecular weight excluding hydrogens is 849 g/mol. The van der Waals surface area contributed by atoms with Crippen LogP contribution in [0.5, 0.6) is 0 Å². The summed E-state index contributed by atoms with van der Waals surface area (Å²) in [7, 11) is 0. The van der Waals surface area contributed by atoms with Gasteiger partial charge in [0.2, 0.25) is 0 Å². The Morgan fingerprint density at radius 3 is 0.586 bits per heavy atom. The Bertz CT molecular complexity index is 3990. The highest BCUT2D eigenvalue weighted by molar-refractivity contribution is 6.17. The molecule has 3 aromatic heterocycles. The Labute approximate surface area is 403 Å². The number of hydrogen-bond donors (Lipinski definition) is 0. The third-order valence-electron chi connectivity index (χ3n) is 14.8. The Morgan fingerprint density at radius 2 is 0.357 bits per heavy atom. The van der Waals surface area contributed by atoms with Crippen molar-refractivity contribution in [3.8, 4) is 17.1 Å². The Kier molecular flexibility index (Phi) is 8.33. The number of hydrogen-bond acceptors (Lipinski definition) is 1. The van der Waals surface area contributed by atoms with Crippen molar-refractivity contribution in [3.05, 3.63) is 255 Å². The molecule has 0 aliphatic heterocycles. The van der Waals surface area contributed by atoms with Crippen LogP contribution in [0.1, 0.15) is 0 Å². The van der Waals surface area contributed by atoms with E-state index >= 15 is 0 Å². The summed E-state index contributed by atoms with van der Waals surface area (Å²) in [5, 5.41) is 14.5. The summed E-state index contributed by atoms with van der Waals surface area (Å²) in [5.41, 5.74) is 13.9. The van der Waals surface area contributed by atoms with Crippen LogP contribution in [0.3, 0.4) is 0 Å². The zero-order chi connectivity index (χ0) is 45.9. The van der Waals surface area contributed by atoms with E-state index in [2.05, 4.69) is 273 Å². The zero-order valence-electron chi connectivity index (χ0n) is 38.0. The molecule has 326 valence electrons. The smallest absolute Gasteiger partial charge is 0.0542 e. The minimum absolute atomic E-state index is 1.10. The van der Waals surface area contributed by atoms with E-state index < -0.39 is 0 Å². The fourth-order valence-electron chi connectivity index (χ4n) is 11.9. The number of nitrogens with zero attached hydrogens (tertiary/aromatic N) is 4. The van der Waals surface area contributed by atoms with Crippen molar-refractivity contribution in [3.63, 3.8) is 0 Å². The molecule has 0 spiro atoms. The van der Waals surface area contributed by atoms with Crippen molar-refractivity contribution in [2.75, 3.05) is 4.90 Å². The average Bonchev–Trinajstić information content (AvgIpc) is 4.07. The molecule has 4 nitrogen and oxygen atoms in total. The maximum atomic E-state index is 2.54.